The molecule has 0 bridgehead atoms. The van der Waals surface area contributed by atoms with Gasteiger partial charge in [0.05, 0.1) is 16.5 Å². The van der Waals surface area contributed by atoms with Crippen molar-refractivity contribution in [1.29, 1.82) is 0 Å². The van der Waals surface area contributed by atoms with Gasteiger partial charge in [-0.3, -0.25) is 9.78 Å². The number of carbonyl (C=O) groups is 1. The summed E-state index contributed by atoms with van der Waals surface area (Å²) in [5.74, 6) is -0.900. The molecule has 1 rings (SSSR count). The van der Waals surface area contributed by atoms with Crippen LogP contribution in [0.2, 0.25) is 10.0 Å². The number of carboxylic acids is 1. The third-order valence-corrected chi connectivity index (χ3v) is 2.07. The molecule has 0 aliphatic heterocycles. The van der Waals surface area contributed by atoms with Gasteiger partial charge in [0.25, 0.3) is 0 Å². The van der Waals surface area contributed by atoms with Crippen molar-refractivity contribution in [3.05, 3.63) is 34.1 Å². The summed E-state index contributed by atoms with van der Waals surface area (Å²) in [4.78, 5) is 14.0. The molecule has 0 unspecified atom stereocenters. The molecule has 0 saturated heterocycles. The molecule has 1 N–H and O–H groups in total. The first-order valence-corrected chi connectivity index (χ1v) is 4.54. The van der Waals surface area contributed by atoms with Crippen LogP contribution < -0.4 is 0 Å². The zero-order valence-electron chi connectivity index (χ0n) is 7.08. The number of carboxylic acid groups (broad SMARTS) is 1. The molecule has 0 fully saturated rings. The first-order valence-electron chi connectivity index (χ1n) is 3.78. The van der Waals surface area contributed by atoms with Crippen LogP contribution in [-0.4, -0.2) is 16.1 Å². The van der Waals surface area contributed by atoms with Gasteiger partial charge in [-0.1, -0.05) is 35.4 Å². The fourth-order valence-corrected chi connectivity index (χ4v) is 1.35. The molecule has 1 aromatic heterocycles. The van der Waals surface area contributed by atoms with Gasteiger partial charge in [0.2, 0.25) is 0 Å². The molecule has 74 valence electrons. The van der Waals surface area contributed by atoms with E-state index in [2.05, 4.69) is 4.98 Å². The van der Waals surface area contributed by atoms with Crippen LogP contribution in [0.15, 0.2) is 18.5 Å². The van der Waals surface area contributed by atoms with Crippen molar-refractivity contribution in [3.63, 3.8) is 0 Å². The third-order valence-electron chi connectivity index (χ3n) is 1.47. The zero-order chi connectivity index (χ0) is 10.6. The standard InChI is InChI=1S/C9H7Cl2NO2/c10-7-4-12-5-8(11)6(7)2-1-3-9(13)14/h1-2,4-5H,3H2,(H,13,14). The Morgan fingerprint density at radius 3 is 2.50 bits per heavy atom. The molecular formula is C9H7Cl2NO2. The lowest BCUT2D eigenvalue weighted by molar-refractivity contribution is -0.135. The molecule has 0 atom stereocenters. The van der Waals surface area contributed by atoms with Gasteiger partial charge in [0.1, 0.15) is 0 Å². The fraction of sp³-hybridized carbons (Fsp3) is 0.111. The van der Waals surface area contributed by atoms with Gasteiger partial charge < -0.3 is 5.11 Å². The van der Waals surface area contributed by atoms with Gasteiger partial charge in [-0.15, -0.1) is 0 Å². The van der Waals surface area contributed by atoms with Gasteiger partial charge in [0, 0.05) is 18.0 Å². The molecule has 0 saturated carbocycles. The molecule has 5 heteroatoms. The Kier molecular flexibility index (Phi) is 3.92. The molecule has 0 spiro atoms. The van der Waals surface area contributed by atoms with E-state index >= 15 is 0 Å². The van der Waals surface area contributed by atoms with Crippen molar-refractivity contribution >= 4 is 35.2 Å². The molecule has 0 aliphatic rings. The smallest absolute Gasteiger partial charge is 0.307 e. The Morgan fingerprint density at radius 1 is 1.43 bits per heavy atom. The number of pyridine rings is 1. The van der Waals surface area contributed by atoms with E-state index in [9.17, 15) is 4.79 Å². The summed E-state index contributed by atoms with van der Waals surface area (Å²) < 4.78 is 0. The number of hydrogen-bond donors (Lipinski definition) is 1. The third kappa shape index (κ3) is 3.01. The highest BCUT2D eigenvalue weighted by Gasteiger charge is 2.01. The van der Waals surface area contributed by atoms with Crippen molar-refractivity contribution in [2.75, 3.05) is 0 Å². The predicted octanol–water partition coefficient (Wildman–Crippen LogP) is 2.88. The molecule has 14 heavy (non-hydrogen) atoms. The Labute approximate surface area is 91.0 Å². The van der Waals surface area contributed by atoms with Gasteiger partial charge in [-0.2, -0.15) is 0 Å². The number of halogens is 2. The molecule has 1 heterocycles. The van der Waals surface area contributed by atoms with Crippen LogP contribution in [0, 0.1) is 0 Å². The van der Waals surface area contributed by atoms with Crippen molar-refractivity contribution in [1.82, 2.24) is 4.98 Å². The highest BCUT2D eigenvalue weighted by atomic mass is 35.5. The summed E-state index contributed by atoms with van der Waals surface area (Å²) >= 11 is 11.6. The maximum Gasteiger partial charge on any atom is 0.307 e. The van der Waals surface area contributed by atoms with Crippen LogP contribution in [0.5, 0.6) is 0 Å². The summed E-state index contributed by atoms with van der Waals surface area (Å²) in [6, 6.07) is 0. The second kappa shape index (κ2) is 4.98. The summed E-state index contributed by atoms with van der Waals surface area (Å²) in [5, 5.41) is 9.20. The van der Waals surface area contributed by atoms with Gasteiger partial charge in [-0.25, -0.2) is 0 Å². The molecular weight excluding hydrogens is 225 g/mol. The highest BCUT2D eigenvalue weighted by Crippen LogP contribution is 2.24. The second-order valence-electron chi connectivity index (χ2n) is 2.52. The first-order chi connectivity index (χ1) is 6.61. The minimum atomic E-state index is -0.900. The Morgan fingerprint density at radius 2 is 2.00 bits per heavy atom. The molecule has 0 aromatic carbocycles. The molecule has 0 amide bonds. The Hall–Kier alpha value is -1.06. The van der Waals surface area contributed by atoms with Crippen LogP contribution >= 0.6 is 23.2 Å². The Balaban J connectivity index is 2.85. The average Bonchev–Trinajstić information content (AvgIpc) is 2.09. The molecule has 1 aromatic rings. The average molecular weight is 232 g/mol. The minimum Gasteiger partial charge on any atom is -0.481 e. The minimum absolute atomic E-state index is 0.0605. The fourth-order valence-electron chi connectivity index (χ4n) is 0.858. The SMILES string of the molecule is O=C(O)CC=Cc1c(Cl)cncc1Cl. The maximum absolute atomic E-state index is 10.2. The predicted molar refractivity (Wildman–Crippen MR) is 55.5 cm³/mol. The van der Waals surface area contributed by atoms with Crippen LogP contribution in [0.1, 0.15) is 12.0 Å². The maximum atomic E-state index is 10.2. The van der Waals surface area contributed by atoms with Crippen LogP contribution in [0.3, 0.4) is 0 Å². The number of rotatable bonds is 3. The van der Waals surface area contributed by atoms with Crippen molar-refractivity contribution in [2.45, 2.75) is 6.42 Å². The second-order valence-corrected chi connectivity index (χ2v) is 3.33. The Bertz CT molecular complexity index is 357. The highest BCUT2D eigenvalue weighted by molar-refractivity contribution is 6.36. The zero-order valence-corrected chi connectivity index (χ0v) is 8.59. The number of aromatic nitrogens is 1. The first kappa shape index (κ1) is 11.0. The van der Waals surface area contributed by atoms with E-state index in [1.165, 1.54) is 18.5 Å². The number of nitrogens with zero attached hydrogens (tertiary/aromatic N) is 1. The van der Waals surface area contributed by atoms with Crippen molar-refractivity contribution in [3.8, 4) is 0 Å². The lowest BCUT2D eigenvalue weighted by Gasteiger charge is -1.99. The van der Waals surface area contributed by atoms with E-state index in [0.29, 0.717) is 15.6 Å². The summed E-state index contributed by atoms with van der Waals surface area (Å²) in [6.07, 6.45) is 5.90. The van der Waals surface area contributed by atoms with Crippen molar-refractivity contribution < 1.29 is 9.90 Å². The molecule has 0 aliphatic carbocycles. The van der Waals surface area contributed by atoms with Crippen molar-refractivity contribution in [2.24, 2.45) is 0 Å². The lowest BCUT2D eigenvalue weighted by Crippen LogP contribution is -1.90. The topological polar surface area (TPSA) is 50.2 Å². The van der Waals surface area contributed by atoms with Gasteiger partial charge in [0.15, 0.2) is 0 Å². The quantitative estimate of drug-likeness (QED) is 0.871. The van der Waals surface area contributed by atoms with Crippen LogP contribution in [-0.2, 0) is 4.79 Å². The summed E-state index contributed by atoms with van der Waals surface area (Å²) in [6.45, 7) is 0. The van der Waals surface area contributed by atoms with Gasteiger partial charge >= 0.3 is 5.97 Å². The van der Waals surface area contributed by atoms with E-state index in [-0.39, 0.29) is 6.42 Å². The largest absolute Gasteiger partial charge is 0.481 e. The van der Waals surface area contributed by atoms with E-state index in [4.69, 9.17) is 28.3 Å². The molecule has 3 nitrogen and oxygen atoms in total. The lowest BCUT2D eigenvalue weighted by atomic mass is 10.2. The summed E-state index contributed by atoms with van der Waals surface area (Å²) in [7, 11) is 0. The van der Waals surface area contributed by atoms with E-state index in [1.807, 2.05) is 0 Å². The van der Waals surface area contributed by atoms with Gasteiger partial charge in [-0.05, 0) is 0 Å². The monoisotopic (exact) mass is 231 g/mol. The van der Waals surface area contributed by atoms with Crippen LogP contribution in [0.25, 0.3) is 6.08 Å². The normalized spacial score (nSPS) is 10.7. The molecule has 0 radical (unpaired) electrons. The van der Waals surface area contributed by atoms with E-state index in [1.54, 1.807) is 6.08 Å². The van der Waals surface area contributed by atoms with Crippen LogP contribution in [0.4, 0.5) is 0 Å². The number of hydrogen-bond acceptors (Lipinski definition) is 2. The van der Waals surface area contributed by atoms with E-state index < -0.39 is 5.97 Å². The number of aliphatic carboxylic acids is 1. The summed E-state index contributed by atoms with van der Waals surface area (Å²) in [5.41, 5.74) is 0.588. The van der Waals surface area contributed by atoms with E-state index in [0.717, 1.165) is 0 Å².